The van der Waals surface area contributed by atoms with Gasteiger partial charge in [-0.15, -0.1) is 0 Å². The molecular weight excluding hydrogens is 276 g/mol. The van der Waals surface area contributed by atoms with E-state index in [1.807, 2.05) is 5.43 Å². The minimum atomic E-state index is -0.658. The van der Waals surface area contributed by atoms with Crippen LogP contribution in [0.4, 0.5) is 0 Å². The largest absolute Gasteiger partial charge is 0.497 e. The normalized spacial score (nSPS) is 11.8. The molecule has 1 amide bonds. The van der Waals surface area contributed by atoms with E-state index in [-0.39, 0.29) is 5.91 Å². The van der Waals surface area contributed by atoms with E-state index in [1.54, 1.807) is 32.2 Å². The number of hydrazine groups is 1. The van der Waals surface area contributed by atoms with E-state index >= 15 is 0 Å². The van der Waals surface area contributed by atoms with Gasteiger partial charge in [0, 0.05) is 0 Å². The van der Waals surface area contributed by atoms with E-state index in [1.165, 1.54) is 0 Å². The lowest BCUT2D eigenvalue weighted by Crippen LogP contribution is -2.40. The number of rotatable bonds is 4. The van der Waals surface area contributed by atoms with Gasteiger partial charge < -0.3 is 9.47 Å². The third-order valence-electron chi connectivity index (χ3n) is 1.95. The molecule has 16 heavy (non-hydrogen) atoms. The minimum Gasteiger partial charge on any atom is -0.497 e. The highest BCUT2D eigenvalue weighted by atomic mass is 79.9. The van der Waals surface area contributed by atoms with Crippen LogP contribution in [0.25, 0.3) is 0 Å². The standard InChI is InChI=1S/C10H13BrN2O3/c1-6(10(14)13-12)16-9-4-3-7(15-2)5-8(9)11/h3-6H,12H2,1-2H3,(H,13,14). The summed E-state index contributed by atoms with van der Waals surface area (Å²) in [7, 11) is 1.58. The number of nitrogens with one attached hydrogen (secondary N) is 1. The number of nitrogens with two attached hydrogens (primary N) is 1. The van der Waals surface area contributed by atoms with Crippen molar-refractivity contribution in [3.8, 4) is 11.5 Å². The Morgan fingerprint density at radius 3 is 2.75 bits per heavy atom. The molecule has 0 aliphatic rings. The van der Waals surface area contributed by atoms with E-state index in [0.717, 1.165) is 0 Å². The quantitative estimate of drug-likeness (QED) is 0.496. The zero-order valence-corrected chi connectivity index (χ0v) is 10.6. The molecule has 0 spiro atoms. The summed E-state index contributed by atoms with van der Waals surface area (Å²) < 4.78 is 11.2. The predicted molar refractivity (Wildman–Crippen MR) is 63.1 cm³/mol. The molecule has 0 fully saturated rings. The van der Waals surface area contributed by atoms with Gasteiger partial charge in [0.1, 0.15) is 11.5 Å². The van der Waals surface area contributed by atoms with Crippen LogP contribution in [0, 0.1) is 0 Å². The van der Waals surface area contributed by atoms with Crippen molar-refractivity contribution in [3.05, 3.63) is 22.7 Å². The van der Waals surface area contributed by atoms with Crippen molar-refractivity contribution in [1.29, 1.82) is 0 Å². The first-order valence-electron chi connectivity index (χ1n) is 4.59. The summed E-state index contributed by atoms with van der Waals surface area (Å²) in [5.74, 6) is 5.87. The number of methoxy groups -OCH3 is 1. The van der Waals surface area contributed by atoms with Gasteiger partial charge in [0.15, 0.2) is 6.10 Å². The van der Waals surface area contributed by atoms with Crippen LogP contribution in [-0.4, -0.2) is 19.1 Å². The van der Waals surface area contributed by atoms with Gasteiger partial charge in [-0.2, -0.15) is 0 Å². The maximum Gasteiger partial charge on any atom is 0.274 e. The van der Waals surface area contributed by atoms with Crippen molar-refractivity contribution >= 4 is 21.8 Å². The second-order valence-electron chi connectivity index (χ2n) is 3.07. The second-order valence-corrected chi connectivity index (χ2v) is 3.92. The minimum absolute atomic E-state index is 0.386. The lowest BCUT2D eigenvalue weighted by atomic mass is 10.3. The molecule has 0 aliphatic carbocycles. The van der Waals surface area contributed by atoms with Gasteiger partial charge in [-0.1, -0.05) is 0 Å². The predicted octanol–water partition coefficient (Wildman–Crippen LogP) is 1.21. The Kier molecular flexibility index (Phi) is 4.57. The number of ether oxygens (including phenoxy) is 2. The fraction of sp³-hybridized carbons (Fsp3) is 0.300. The second kappa shape index (κ2) is 5.72. The third-order valence-corrected chi connectivity index (χ3v) is 2.57. The summed E-state index contributed by atoms with van der Waals surface area (Å²) in [4.78, 5) is 11.1. The van der Waals surface area contributed by atoms with Gasteiger partial charge in [0.25, 0.3) is 5.91 Å². The Balaban J connectivity index is 2.78. The van der Waals surface area contributed by atoms with Crippen molar-refractivity contribution in [2.24, 2.45) is 5.84 Å². The molecule has 1 aromatic rings. The number of amides is 1. The monoisotopic (exact) mass is 288 g/mol. The molecule has 88 valence electrons. The molecule has 0 saturated heterocycles. The van der Waals surface area contributed by atoms with Gasteiger partial charge in [-0.25, -0.2) is 5.84 Å². The zero-order valence-electron chi connectivity index (χ0n) is 8.99. The molecular formula is C10H13BrN2O3. The van der Waals surface area contributed by atoms with E-state index in [9.17, 15) is 4.79 Å². The van der Waals surface area contributed by atoms with Gasteiger partial charge in [0.05, 0.1) is 11.6 Å². The topological polar surface area (TPSA) is 73.6 Å². The van der Waals surface area contributed by atoms with Crippen molar-refractivity contribution in [3.63, 3.8) is 0 Å². The number of hydrogen-bond donors (Lipinski definition) is 2. The summed E-state index contributed by atoms with van der Waals surface area (Å²) in [6.07, 6.45) is -0.658. The summed E-state index contributed by atoms with van der Waals surface area (Å²) in [5, 5.41) is 0. The Morgan fingerprint density at radius 2 is 2.25 bits per heavy atom. The summed E-state index contributed by atoms with van der Waals surface area (Å²) in [5.41, 5.74) is 2.02. The van der Waals surface area contributed by atoms with Crippen molar-refractivity contribution in [1.82, 2.24) is 5.43 Å². The van der Waals surface area contributed by atoms with Gasteiger partial charge in [-0.05, 0) is 41.1 Å². The molecule has 1 unspecified atom stereocenters. The number of halogens is 1. The number of carbonyl (C=O) groups excluding carboxylic acids is 1. The molecule has 0 saturated carbocycles. The van der Waals surface area contributed by atoms with Crippen LogP contribution in [0.2, 0.25) is 0 Å². The van der Waals surface area contributed by atoms with Crippen LogP contribution in [0.15, 0.2) is 22.7 Å². The van der Waals surface area contributed by atoms with Crippen LogP contribution in [0.3, 0.4) is 0 Å². The summed E-state index contributed by atoms with van der Waals surface area (Å²) >= 11 is 3.32. The molecule has 0 aromatic heterocycles. The molecule has 0 heterocycles. The van der Waals surface area contributed by atoms with Gasteiger partial charge in [0.2, 0.25) is 0 Å². The SMILES string of the molecule is COc1ccc(OC(C)C(=O)NN)c(Br)c1. The summed E-state index contributed by atoms with van der Waals surface area (Å²) in [6, 6.07) is 5.21. The first kappa shape index (κ1) is 12.8. The molecule has 0 aliphatic heterocycles. The Hall–Kier alpha value is -1.27. The van der Waals surface area contributed by atoms with E-state index in [4.69, 9.17) is 15.3 Å². The van der Waals surface area contributed by atoms with Crippen LogP contribution in [-0.2, 0) is 4.79 Å². The first-order valence-corrected chi connectivity index (χ1v) is 5.38. The number of hydrogen-bond acceptors (Lipinski definition) is 4. The first-order chi connectivity index (χ1) is 7.58. The molecule has 1 aromatic carbocycles. The Morgan fingerprint density at radius 1 is 1.56 bits per heavy atom. The molecule has 3 N–H and O–H groups in total. The highest BCUT2D eigenvalue weighted by Crippen LogP contribution is 2.29. The molecule has 5 nitrogen and oxygen atoms in total. The molecule has 1 rings (SSSR count). The Labute approximate surface area is 102 Å². The average molecular weight is 289 g/mol. The summed E-state index contributed by atoms with van der Waals surface area (Å²) in [6.45, 7) is 1.61. The van der Waals surface area contributed by atoms with Crippen molar-refractivity contribution in [2.75, 3.05) is 7.11 Å². The highest BCUT2D eigenvalue weighted by Gasteiger charge is 2.14. The maximum absolute atomic E-state index is 11.1. The smallest absolute Gasteiger partial charge is 0.274 e. The van der Waals surface area contributed by atoms with E-state index in [2.05, 4.69) is 15.9 Å². The van der Waals surface area contributed by atoms with Gasteiger partial charge >= 0.3 is 0 Å². The lowest BCUT2D eigenvalue weighted by molar-refractivity contribution is -0.127. The van der Waals surface area contributed by atoms with E-state index in [0.29, 0.717) is 16.0 Å². The van der Waals surface area contributed by atoms with Crippen molar-refractivity contribution < 1.29 is 14.3 Å². The van der Waals surface area contributed by atoms with Crippen LogP contribution in [0.5, 0.6) is 11.5 Å². The average Bonchev–Trinajstić information content (AvgIpc) is 2.30. The van der Waals surface area contributed by atoms with E-state index < -0.39 is 6.10 Å². The van der Waals surface area contributed by atoms with Crippen LogP contribution < -0.4 is 20.7 Å². The molecule has 1 atom stereocenters. The zero-order chi connectivity index (χ0) is 12.1. The molecule has 0 bridgehead atoms. The van der Waals surface area contributed by atoms with Crippen molar-refractivity contribution in [2.45, 2.75) is 13.0 Å². The molecule has 6 heteroatoms. The Bertz CT molecular complexity index is 384. The lowest BCUT2D eigenvalue weighted by Gasteiger charge is -2.14. The molecule has 0 radical (unpaired) electrons. The number of benzene rings is 1. The maximum atomic E-state index is 11.1. The van der Waals surface area contributed by atoms with Crippen LogP contribution >= 0.6 is 15.9 Å². The third kappa shape index (κ3) is 3.11. The fourth-order valence-electron chi connectivity index (χ4n) is 1.07. The van der Waals surface area contributed by atoms with Gasteiger partial charge in [-0.3, -0.25) is 10.2 Å². The highest BCUT2D eigenvalue weighted by molar-refractivity contribution is 9.10. The number of carbonyl (C=O) groups is 1. The fourth-order valence-corrected chi connectivity index (χ4v) is 1.52. The van der Waals surface area contributed by atoms with Crippen LogP contribution in [0.1, 0.15) is 6.92 Å².